The quantitative estimate of drug-likeness (QED) is 0.601. The lowest BCUT2D eigenvalue weighted by Crippen LogP contribution is -2.46. The number of nitrogens with one attached hydrogen (secondary N) is 2. The van der Waals surface area contributed by atoms with Gasteiger partial charge in [0, 0.05) is 37.4 Å². The molecule has 3 aromatic rings. The summed E-state index contributed by atoms with van der Waals surface area (Å²) in [6.45, 7) is -1.65. The van der Waals surface area contributed by atoms with Crippen molar-refractivity contribution >= 4 is 34.4 Å². The fourth-order valence-electron chi connectivity index (χ4n) is 3.39. The van der Waals surface area contributed by atoms with Crippen molar-refractivity contribution < 1.29 is 23.8 Å². The van der Waals surface area contributed by atoms with Gasteiger partial charge in [0.1, 0.15) is 30.2 Å². The van der Waals surface area contributed by atoms with Gasteiger partial charge in [-0.15, -0.1) is 0 Å². The number of pyridine rings is 1. The van der Waals surface area contributed by atoms with Gasteiger partial charge in [-0.05, 0) is 12.1 Å². The average Bonchev–Trinajstić information content (AvgIpc) is 3.29. The first-order valence-electron chi connectivity index (χ1n) is 8.92. The Hall–Kier alpha value is -2.95. The van der Waals surface area contributed by atoms with Gasteiger partial charge in [0.15, 0.2) is 5.82 Å². The molecule has 0 radical (unpaired) electrons. The number of aromatic amines is 1. The van der Waals surface area contributed by atoms with E-state index >= 15 is 0 Å². The molecular formula is C18H17ClF4N6O. The van der Waals surface area contributed by atoms with E-state index < -0.39 is 30.8 Å². The molecule has 1 fully saturated rings. The van der Waals surface area contributed by atoms with Crippen LogP contribution < -0.4 is 10.2 Å². The number of fused-ring (bicyclic) bond motifs is 1. The fourth-order valence-corrected chi connectivity index (χ4v) is 3.55. The van der Waals surface area contributed by atoms with Crippen LogP contribution in [-0.2, 0) is 4.79 Å². The Morgan fingerprint density at radius 1 is 1.40 bits per heavy atom. The predicted molar refractivity (Wildman–Crippen MR) is 104 cm³/mol. The van der Waals surface area contributed by atoms with Gasteiger partial charge in [-0.1, -0.05) is 11.6 Å². The number of alkyl halides is 4. The van der Waals surface area contributed by atoms with Crippen LogP contribution in [-0.4, -0.2) is 57.3 Å². The number of hydrogen-bond donors (Lipinski definition) is 2. The van der Waals surface area contributed by atoms with Gasteiger partial charge < -0.3 is 15.2 Å². The lowest BCUT2D eigenvalue weighted by Gasteiger charge is -2.24. The first-order chi connectivity index (χ1) is 14.2. The zero-order chi connectivity index (χ0) is 21.5. The lowest BCUT2D eigenvalue weighted by molar-refractivity contribution is -0.139. The number of carbonyl (C=O) groups is 1. The van der Waals surface area contributed by atoms with E-state index in [4.69, 9.17) is 11.6 Å². The zero-order valence-corrected chi connectivity index (χ0v) is 16.0. The monoisotopic (exact) mass is 444 g/mol. The van der Waals surface area contributed by atoms with Crippen molar-refractivity contribution in [3.8, 4) is 11.4 Å². The van der Waals surface area contributed by atoms with E-state index in [1.165, 1.54) is 23.4 Å². The van der Waals surface area contributed by atoms with E-state index in [1.807, 2.05) is 5.32 Å². The molecule has 30 heavy (non-hydrogen) atoms. The van der Waals surface area contributed by atoms with E-state index in [0.717, 1.165) is 0 Å². The number of aromatic nitrogens is 4. The van der Waals surface area contributed by atoms with Crippen molar-refractivity contribution in [1.29, 1.82) is 0 Å². The molecule has 3 aromatic heterocycles. The Kier molecular flexibility index (Phi) is 5.22. The Morgan fingerprint density at radius 3 is 2.97 bits per heavy atom. The van der Waals surface area contributed by atoms with Crippen molar-refractivity contribution in [3.63, 3.8) is 0 Å². The van der Waals surface area contributed by atoms with Crippen LogP contribution in [0.1, 0.15) is 7.85 Å². The summed E-state index contributed by atoms with van der Waals surface area (Å²) >= 11 is 6.01. The maximum atomic E-state index is 14.1. The number of anilines is 1. The van der Waals surface area contributed by atoms with E-state index in [1.54, 1.807) is 12.3 Å². The van der Waals surface area contributed by atoms with Crippen LogP contribution in [0.5, 0.6) is 0 Å². The molecular weight excluding hydrogens is 428 g/mol. The molecule has 2 N–H and O–H groups in total. The summed E-state index contributed by atoms with van der Waals surface area (Å²) in [5.41, 5.74) is 1.16. The third-order valence-corrected chi connectivity index (χ3v) is 4.90. The SMILES string of the molecule is O=C(NCC(F)(F)F)[C@H]1C[C@H](F)CN1c1ccnc(-c2c[nH]c3ncc(Cl)cc23)n1.[HH]. The van der Waals surface area contributed by atoms with Crippen molar-refractivity contribution in [2.75, 3.05) is 18.0 Å². The smallest absolute Gasteiger partial charge is 0.345 e. The van der Waals surface area contributed by atoms with Crippen molar-refractivity contribution in [3.05, 3.63) is 35.7 Å². The van der Waals surface area contributed by atoms with E-state index in [0.29, 0.717) is 21.6 Å². The number of H-pyrrole nitrogens is 1. The summed E-state index contributed by atoms with van der Waals surface area (Å²) < 4.78 is 51.3. The van der Waals surface area contributed by atoms with Crippen molar-refractivity contribution in [1.82, 2.24) is 25.3 Å². The molecule has 1 aliphatic heterocycles. The van der Waals surface area contributed by atoms with E-state index in [2.05, 4.69) is 19.9 Å². The highest BCUT2D eigenvalue weighted by atomic mass is 35.5. The molecule has 1 amide bonds. The molecule has 2 atom stereocenters. The topological polar surface area (TPSA) is 86.8 Å². The predicted octanol–water partition coefficient (Wildman–Crippen LogP) is 3.51. The molecule has 12 heteroatoms. The molecule has 160 valence electrons. The number of hydrogen-bond acceptors (Lipinski definition) is 5. The summed E-state index contributed by atoms with van der Waals surface area (Å²) in [7, 11) is 0. The van der Waals surface area contributed by atoms with Gasteiger partial charge in [-0.3, -0.25) is 4.79 Å². The normalized spacial score (nSPS) is 19.4. The average molecular weight is 445 g/mol. The molecule has 0 unspecified atom stereocenters. The zero-order valence-electron chi connectivity index (χ0n) is 15.2. The lowest BCUT2D eigenvalue weighted by atomic mass is 10.2. The maximum absolute atomic E-state index is 14.1. The third kappa shape index (κ3) is 4.16. The number of carbonyl (C=O) groups excluding carboxylic acids is 1. The number of nitrogens with zero attached hydrogens (tertiary/aromatic N) is 4. The molecule has 1 saturated heterocycles. The largest absolute Gasteiger partial charge is 0.405 e. The number of halogens is 5. The minimum Gasteiger partial charge on any atom is -0.345 e. The van der Waals surface area contributed by atoms with E-state index in [-0.39, 0.29) is 26.0 Å². The van der Waals surface area contributed by atoms with E-state index in [9.17, 15) is 22.4 Å². The van der Waals surface area contributed by atoms with Gasteiger partial charge in [0.25, 0.3) is 0 Å². The van der Waals surface area contributed by atoms with Gasteiger partial charge in [0.05, 0.1) is 11.6 Å². The highest BCUT2D eigenvalue weighted by molar-refractivity contribution is 6.31. The summed E-state index contributed by atoms with van der Waals surface area (Å²) in [4.78, 5) is 29.4. The summed E-state index contributed by atoms with van der Waals surface area (Å²) in [6.07, 6.45) is -1.60. The van der Waals surface area contributed by atoms with Gasteiger partial charge >= 0.3 is 6.18 Å². The molecule has 0 saturated carbocycles. The molecule has 0 aliphatic carbocycles. The Morgan fingerprint density at radius 2 is 2.20 bits per heavy atom. The fraction of sp³-hybridized carbons (Fsp3) is 0.333. The van der Waals surface area contributed by atoms with Crippen LogP contribution in [0.15, 0.2) is 30.7 Å². The molecule has 0 bridgehead atoms. The second-order valence-electron chi connectivity index (χ2n) is 6.82. The highest BCUT2D eigenvalue weighted by Gasteiger charge is 2.39. The van der Waals surface area contributed by atoms with Crippen LogP contribution >= 0.6 is 11.6 Å². The first kappa shape index (κ1) is 20.3. The van der Waals surface area contributed by atoms with Crippen LogP contribution in [0.3, 0.4) is 0 Å². The highest BCUT2D eigenvalue weighted by Crippen LogP contribution is 2.30. The van der Waals surface area contributed by atoms with Gasteiger partial charge in [-0.25, -0.2) is 19.3 Å². The second-order valence-corrected chi connectivity index (χ2v) is 7.26. The molecule has 0 aromatic carbocycles. The standard InChI is InChI=1S/C18H15ClF4N6O.H2/c19-9-3-11-12(6-26-15(11)25-5-9)16-24-2-1-14(28-16)29-7-10(20)4-13(29)17(30)27-8-18(21,22)23;/h1-3,5-6,10,13H,4,7-8H2,(H,25,26)(H,27,30);1H/t10-,13+;/m0./s1. The van der Waals surface area contributed by atoms with Gasteiger partial charge in [0.2, 0.25) is 5.91 Å². The Bertz CT molecular complexity index is 1090. The molecule has 4 heterocycles. The van der Waals surface area contributed by atoms with Crippen LogP contribution in [0.25, 0.3) is 22.4 Å². The van der Waals surface area contributed by atoms with Crippen molar-refractivity contribution in [2.45, 2.75) is 24.8 Å². The van der Waals surface area contributed by atoms with Crippen LogP contribution in [0, 0.1) is 0 Å². The minimum atomic E-state index is -4.55. The maximum Gasteiger partial charge on any atom is 0.405 e. The molecule has 0 spiro atoms. The number of amides is 1. The summed E-state index contributed by atoms with van der Waals surface area (Å²) in [5, 5.41) is 2.90. The van der Waals surface area contributed by atoms with Gasteiger partial charge in [-0.2, -0.15) is 13.2 Å². The Balaban J connectivity index is 0.00000272. The van der Waals surface area contributed by atoms with Crippen LogP contribution in [0.4, 0.5) is 23.4 Å². The first-order valence-corrected chi connectivity index (χ1v) is 9.30. The second kappa shape index (κ2) is 7.71. The molecule has 4 rings (SSSR count). The van der Waals surface area contributed by atoms with Crippen LogP contribution in [0.2, 0.25) is 5.02 Å². The summed E-state index contributed by atoms with van der Waals surface area (Å²) in [6, 6.07) is 2.06. The summed E-state index contributed by atoms with van der Waals surface area (Å²) in [5.74, 6) is -0.396. The number of rotatable bonds is 4. The third-order valence-electron chi connectivity index (χ3n) is 4.69. The molecule has 7 nitrogen and oxygen atoms in total. The molecule has 1 aliphatic rings. The minimum absolute atomic E-state index is 0. The Labute approximate surface area is 174 Å². The van der Waals surface area contributed by atoms with Crippen molar-refractivity contribution in [2.24, 2.45) is 0 Å².